The Morgan fingerprint density at radius 3 is 1.78 bits per heavy atom. The number of benzene rings is 3. The average molecular weight is 453 g/mol. The van der Waals surface area contributed by atoms with Gasteiger partial charge in [0.2, 0.25) is 0 Å². The molecule has 2 N–H and O–H groups in total. The fraction of sp³-hybridized carbons (Fsp3) is 0.217. The van der Waals surface area contributed by atoms with Crippen molar-refractivity contribution < 1.29 is 35.8 Å². The predicted molar refractivity (Wildman–Crippen MR) is 105 cm³/mol. The third-order valence-corrected chi connectivity index (χ3v) is 5.05. The molecule has 1 fully saturated rings. The number of ether oxygens (including phenoxy) is 2. The average Bonchev–Trinajstić information content (AvgIpc) is 2.73. The molecule has 0 radical (unpaired) electrons. The van der Waals surface area contributed by atoms with E-state index in [1.807, 2.05) is 0 Å². The summed E-state index contributed by atoms with van der Waals surface area (Å²) in [6.45, 7) is 0.731. The number of hydrogen-bond acceptors (Lipinski definition) is 3. The van der Waals surface area contributed by atoms with Gasteiger partial charge in [0.25, 0.3) is 0 Å². The summed E-state index contributed by atoms with van der Waals surface area (Å²) in [7, 11) is 0. The molecule has 1 heterocycles. The molecule has 3 nitrogen and oxygen atoms in total. The Morgan fingerprint density at radius 2 is 1.25 bits per heavy atom. The molecule has 3 aromatic rings. The SMILES string of the molecule is NC1COC(c2ccc(-c3ccc(-c4cc(F)c(C(F)(F)F)c(F)c4)c(F)c3)cc2)OC1. The second kappa shape index (κ2) is 8.57. The topological polar surface area (TPSA) is 44.5 Å². The quantitative estimate of drug-likeness (QED) is 0.508. The van der Waals surface area contributed by atoms with Crippen molar-refractivity contribution in [1.29, 1.82) is 0 Å². The second-order valence-corrected chi connectivity index (χ2v) is 7.39. The zero-order valence-corrected chi connectivity index (χ0v) is 16.4. The summed E-state index contributed by atoms with van der Waals surface area (Å²) >= 11 is 0. The molecular weight excluding hydrogens is 436 g/mol. The Kier molecular flexibility index (Phi) is 5.98. The van der Waals surface area contributed by atoms with Crippen LogP contribution in [-0.2, 0) is 15.7 Å². The first-order chi connectivity index (χ1) is 15.1. The van der Waals surface area contributed by atoms with Gasteiger partial charge in [-0.25, -0.2) is 13.2 Å². The molecule has 9 heteroatoms. The summed E-state index contributed by atoms with van der Waals surface area (Å²) in [6.07, 6.45) is -5.74. The van der Waals surface area contributed by atoms with Crippen molar-refractivity contribution >= 4 is 0 Å². The molecule has 0 spiro atoms. The lowest BCUT2D eigenvalue weighted by molar-refractivity contribution is -0.189. The molecule has 32 heavy (non-hydrogen) atoms. The van der Waals surface area contributed by atoms with Crippen molar-refractivity contribution in [3.8, 4) is 22.3 Å². The lowest BCUT2D eigenvalue weighted by atomic mass is 9.97. The lowest BCUT2D eigenvalue weighted by Gasteiger charge is -2.27. The van der Waals surface area contributed by atoms with Gasteiger partial charge in [-0.2, -0.15) is 13.2 Å². The van der Waals surface area contributed by atoms with Gasteiger partial charge in [0.1, 0.15) is 23.0 Å². The van der Waals surface area contributed by atoms with E-state index in [4.69, 9.17) is 15.2 Å². The highest BCUT2D eigenvalue weighted by Gasteiger charge is 2.38. The largest absolute Gasteiger partial charge is 0.422 e. The van der Waals surface area contributed by atoms with Crippen LogP contribution in [0.4, 0.5) is 26.3 Å². The molecular formula is C23H17F6NO2. The normalized spacial score (nSPS) is 19.2. The van der Waals surface area contributed by atoms with Gasteiger partial charge in [0.15, 0.2) is 6.29 Å². The van der Waals surface area contributed by atoms with E-state index in [9.17, 15) is 26.3 Å². The van der Waals surface area contributed by atoms with Crippen LogP contribution in [0.15, 0.2) is 54.6 Å². The molecule has 1 aliphatic heterocycles. The first-order valence-electron chi connectivity index (χ1n) is 9.59. The molecule has 0 atom stereocenters. The Labute approximate surface area is 179 Å². The van der Waals surface area contributed by atoms with Crippen molar-refractivity contribution in [3.05, 3.63) is 83.2 Å². The van der Waals surface area contributed by atoms with Crippen LogP contribution in [0, 0.1) is 17.5 Å². The molecule has 1 saturated heterocycles. The summed E-state index contributed by atoms with van der Waals surface area (Å²) in [5.41, 5.74) is 5.02. The minimum absolute atomic E-state index is 0.182. The van der Waals surface area contributed by atoms with Crippen LogP contribution in [0.25, 0.3) is 22.3 Å². The molecule has 1 aliphatic rings. The fourth-order valence-electron chi connectivity index (χ4n) is 3.47. The van der Waals surface area contributed by atoms with Crippen molar-refractivity contribution in [2.24, 2.45) is 5.73 Å². The van der Waals surface area contributed by atoms with Crippen molar-refractivity contribution in [2.45, 2.75) is 18.5 Å². The number of rotatable bonds is 3. The summed E-state index contributed by atoms with van der Waals surface area (Å²) in [6, 6.07) is 11.6. The summed E-state index contributed by atoms with van der Waals surface area (Å²) < 4.78 is 91.7. The van der Waals surface area contributed by atoms with Crippen LogP contribution in [0.1, 0.15) is 17.4 Å². The zero-order chi connectivity index (χ0) is 23.0. The van der Waals surface area contributed by atoms with E-state index in [1.54, 1.807) is 24.3 Å². The molecule has 3 aromatic carbocycles. The van der Waals surface area contributed by atoms with Gasteiger partial charge in [-0.05, 0) is 34.9 Å². The van der Waals surface area contributed by atoms with E-state index >= 15 is 0 Å². The molecule has 0 bridgehead atoms. The minimum atomic E-state index is -5.19. The maximum atomic E-state index is 14.7. The van der Waals surface area contributed by atoms with E-state index in [0.717, 1.165) is 11.6 Å². The Balaban J connectivity index is 1.59. The number of nitrogens with two attached hydrogens (primary N) is 1. The molecule has 0 aliphatic carbocycles. The van der Waals surface area contributed by atoms with E-state index in [-0.39, 0.29) is 17.2 Å². The van der Waals surface area contributed by atoms with Crippen LogP contribution in [0.5, 0.6) is 0 Å². The van der Waals surface area contributed by atoms with Crippen LogP contribution in [0.3, 0.4) is 0 Å². The predicted octanol–water partition coefficient (Wildman–Crippen LogP) is 5.83. The fourth-order valence-corrected chi connectivity index (χ4v) is 3.47. The highest BCUT2D eigenvalue weighted by atomic mass is 19.4. The number of alkyl halides is 3. The molecule has 0 saturated carbocycles. The highest BCUT2D eigenvalue weighted by Crippen LogP contribution is 2.37. The third kappa shape index (κ3) is 4.50. The van der Waals surface area contributed by atoms with Gasteiger partial charge in [-0.1, -0.05) is 36.4 Å². The van der Waals surface area contributed by atoms with E-state index in [0.29, 0.717) is 36.5 Å². The van der Waals surface area contributed by atoms with Crippen molar-refractivity contribution in [1.82, 2.24) is 0 Å². The van der Waals surface area contributed by atoms with Crippen LogP contribution < -0.4 is 5.73 Å². The first-order valence-corrected chi connectivity index (χ1v) is 9.59. The van der Waals surface area contributed by atoms with Crippen LogP contribution in [0.2, 0.25) is 0 Å². The van der Waals surface area contributed by atoms with Gasteiger partial charge in [0.05, 0.1) is 19.3 Å². The first kappa shape index (κ1) is 22.3. The maximum Gasteiger partial charge on any atom is 0.422 e. The summed E-state index contributed by atoms with van der Waals surface area (Å²) in [5.74, 6) is -4.45. The number of hydrogen-bond donors (Lipinski definition) is 1. The van der Waals surface area contributed by atoms with Gasteiger partial charge >= 0.3 is 6.18 Å². The Morgan fingerprint density at radius 1 is 0.719 bits per heavy atom. The van der Waals surface area contributed by atoms with Crippen molar-refractivity contribution in [2.75, 3.05) is 13.2 Å². The lowest BCUT2D eigenvalue weighted by Crippen LogP contribution is -2.37. The third-order valence-electron chi connectivity index (χ3n) is 5.05. The standard InChI is InChI=1S/C23H17F6NO2/c24-18-7-14(12-1-3-13(4-2-12)22-31-10-16(30)11-32-22)5-6-17(18)15-8-19(25)21(20(26)9-15)23(27,28)29/h1-9,16,22H,10-11,30H2. The van der Waals surface area contributed by atoms with Gasteiger partial charge < -0.3 is 15.2 Å². The van der Waals surface area contributed by atoms with E-state index in [1.165, 1.54) is 12.1 Å². The molecule has 0 amide bonds. The molecule has 0 aromatic heterocycles. The number of halogens is 6. The zero-order valence-electron chi connectivity index (χ0n) is 16.4. The molecule has 0 unspecified atom stereocenters. The maximum absolute atomic E-state index is 14.7. The van der Waals surface area contributed by atoms with Crippen molar-refractivity contribution in [3.63, 3.8) is 0 Å². The second-order valence-electron chi connectivity index (χ2n) is 7.39. The van der Waals surface area contributed by atoms with E-state index < -0.39 is 35.5 Å². The van der Waals surface area contributed by atoms with Gasteiger partial charge in [-0.3, -0.25) is 0 Å². The van der Waals surface area contributed by atoms with Gasteiger partial charge in [0, 0.05) is 11.1 Å². The minimum Gasteiger partial charge on any atom is -0.347 e. The monoisotopic (exact) mass is 453 g/mol. The molecule has 168 valence electrons. The van der Waals surface area contributed by atoms with Gasteiger partial charge in [-0.15, -0.1) is 0 Å². The summed E-state index contributed by atoms with van der Waals surface area (Å²) in [4.78, 5) is 0. The molecule has 4 rings (SSSR count). The van der Waals surface area contributed by atoms with Crippen LogP contribution in [-0.4, -0.2) is 19.3 Å². The Hall–Kier alpha value is -2.88. The Bertz CT molecular complexity index is 1100. The van der Waals surface area contributed by atoms with Crippen LogP contribution >= 0.6 is 0 Å². The van der Waals surface area contributed by atoms with E-state index in [2.05, 4.69) is 0 Å². The highest BCUT2D eigenvalue weighted by molar-refractivity contribution is 5.71. The smallest absolute Gasteiger partial charge is 0.347 e. The summed E-state index contributed by atoms with van der Waals surface area (Å²) in [5, 5.41) is 0.